The maximum atomic E-state index is 14.0. The van der Waals surface area contributed by atoms with E-state index in [-0.39, 0.29) is 0 Å². The average Bonchev–Trinajstić information content (AvgIpc) is 2.38. The van der Waals surface area contributed by atoms with Crippen LogP contribution in [0.25, 0.3) is 0 Å². The molecular weight excluding hydrogens is 235 g/mol. The zero-order valence-electron chi connectivity index (χ0n) is 13.5. The Labute approximate surface area is 120 Å². The minimum absolute atomic E-state index is 0.531. The fourth-order valence-electron chi connectivity index (χ4n) is 3.50. The number of hydrogen-bond acceptors (Lipinski definition) is 0. The Hall–Kier alpha value is -0.0700. The van der Waals surface area contributed by atoms with Crippen molar-refractivity contribution in [2.24, 2.45) is 17.8 Å². The number of hydrogen-bond donors (Lipinski definition) is 0. The Bertz CT molecular complexity index is 214. The summed E-state index contributed by atoms with van der Waals surface area (Å²) in [7, 11) is 0. The largest absolute Gasteiger partial charge is 0.247 e. The molecule has 1 saturated carbocycles. The summed E-state index contributed by atoms with van der Waals surface area (Å²) in [6, 6.07) is 0. The lowest BCUT2D eigenvalue weighted by Crippen LogP contribution is -2.23. The van der Waals surface area contributed by atoms with Gasteiger partial charge in [-0.1, -0.05) is 72.1 Å². The molecule has 19 heavy (non-hydrogen) atoms. The van der Waals surface area contributed by atoms with E-state index in [1.807, 2.05) is 0 Å². The predicted molar refractivity (Wildman–Crippen MR) is 83.2 cm³/mol. The van der Waals surface area contributed by atoms with E-state index < -0.39 is 6.17 Å². The highest BCUT2D eigenvalue weighted by molar-refractivity contribution is 4.77. The molecule has 1 aliphatic rings. The first-order valence-corrected chi connectivity index (χ1v) is 8.77. The van der Waals surface area contributed by atoms with Gasteiger partial charge in [0.05, 0.1) is 0 Å². The molecule has 0 heterocycles. The zero-order chi connectivity index (χ0) is 14.1. The summed E-state index contributed by atoms with van der Waals surface area (Å²) in [4.78, 5) is 0. The van der Waals surface area contributed by atoms with Crippen LogP contribution in [0.15, 0.2) is 0 Å². The van der Waals surface area contributed by atoms with E-state index in [1.54, 1.807) is 0 Å². The van der Waals surface area contributed by atoms with Crippen molar-refractivity contribution in [3.63, 3.8) is 0 Å². The molecule has 0 saturated heterocycles. The first kappa shape index (κ1) is 17.0. The van der Waals surface area contributed by atoms with Gasteiger partial charge >= 0.3 is 0 Å². The summed E-state index contributed by atoms with van der Waals surface area (Å²) in [5.41, 5.74) is 0. The SMILES string of the molecule is CCCCCCCCC(F)CC1CCC(C)C(C)C1. The molecule has 0 aromatic carbocycles. The molecule has 0 nitrogen and oxygen atoms in total. The molecule has 1 aliphatic carbocycles. The third-order valence-corrected chi connectivity index (χ3v) is 5.17. The van der Waals surface area contributed by atoms with Crippen molar-refractivity contribution in [1.82, 2.24) is 0 Å². The van der Waals surface area contributed by atoms with E-state index in [4.69, 9.17) is 0 Å². The van der Waals surface area contributed by atoms with Crippen molar-refractivity contribution in [2.45, 2.75) is 97.6 Å². The summed E-state index contributed by atoms with van der Waals surface area (Å²) in [6.07, 6.45) is 12.6. The third kappa shape index (κ3) is 7.32. The maximum absolute atomic E-state index is 14.0. The van der Waals surface area contributed by atoms with Crippen LogP contribution in [-0.4, -0.2) is 6.17 Å². The van der Waals surface area contributed by atoms with Crippen molar-refractivity contribution < 1.29 is 4.39 Å². The summed E-state index contributed by atoms with van der Waals surface area (Å²) in [6.45, 7) is 6.94. The topological polar surface area (TPSA) is 0 Å². The number of unbranched alkanes of at least 4 members (excludes halogenated alkanes) is 5. The van der Waals surface area contributed by atoms with Gasteiger partial charge in [0.2, 0.25) is 0 Å². The zero-order valence-corrected chi connectivity index (χ0v) is 13.5. The maximum Gasteiger partial charge on any atom is 0.100 e. The molecule has 0 bridgehead atoms. The van der Waals surface area contributed by atoms with E-state index in [0.717, 1.165) is 31.1 Å². The second-order valence-corrected chi connectivity index (χ2v) is 7.02. The minimum Gasteiger partial charge on any atom is -0.247 e. The van der Waals surface area contributed by atoms with Crippen molar-refractivity contribution in [3.8, 4) is 0 Å². The minimum atomic E-state index is -0.531. The van der Waals surface area contributed by atoms with Crippen molar-refractivity contribution in [2.75, 3.05) is 0 Å². The molecule has 0 N–H and O–H groups in total. The van der Waals surface area contributed by atoms with Gasteiger partial charge in [-0.25, -0.2) is 4.39 Å². The summed E-state index contributed by atoms with van der Waals surface area (Å²) in [5.74, 6) is 2.33. The molecule has 0 amide bonds. The Balaban J connectivity index is 2.02. The molecule has 0 aromatic heterocycles. The first-order valence-electron chi connectivity index (χ1n) is 8.77. The lowest BCUT2D eigenvalue weighted by molar-refractivity contribution is 0.159. The van der Waals surface area contributed by atoms with Crippen molar-refractivity contribution in [3.05, 3.63) is 0 Å². The number of halogens is 1. The summed E-state index contributed by atoms with van der Waals surface area (Å²) < 4.78 is 14.0. The standard InChI is InChI=1S/C18H35F/c1-4-5-6-7-8-9-10-18(19)14-17-12-11-15(2)16(3)13-17/h15-18H,4-14H2,1-3H3. The number of rotatable bonds is 9. The van der Waals surface area contributed by atoms with Crippen molar-refractivity contribution in [1.29, 1.82) is 0 Å². The van der Waals surface area contributed by atoms with Gasteiger partial charge in [-0.3, -0.25) is 0 Å². The second kappa shape index (κ2) is 9.77. The smallest absolute Gasteiger partial charge is 0.100 e. The van der Waals surface area contributed by atoms with E-state index in [2.05, 4.69) is 20.8 Å². The molecule has 4 atom stereocenters. The van der Waals surface area contributed by atoms with Gasteiger partial charge < -0.3 is 0 Å². The first-order chi connectivity index (χ1) is 9.13. The van der Waals surface area contributed by atoms with Gasteiger partial charge in [-0.15, -0.1) is 0 Å². The highest BCUT2D eigenvalue weighted by Crippen LogP contribution is 2.36. The van der Waals surface area contributed by atoms with Crippen LogP contribution in [0.1, 0.15) is 91.4 Å². The van der Waals surface area contributed by atoms with E-state index in [9.17, 15) is 4.39 Å². The molecule has 0 radical (unpaired) electrons. The van der Waals surface area contributed by atoms with Crippen LogP contribution in [-0.2, 0) is 0 Å². The predicted octanol–water partition coefficient (Wildman–Crippen LogP) is 6.54. The van der Waals surface area contributed by atoms with Gasteiger partial charge in [0.1, 0.15) is 6.17 Å². The Kier molecular flexibility index (Phi) is 8.74. The molecule has 0 aliphatic heterocycles. The molecule has 4 unspecified atom stereocenters. The van der Waals surface area contributed by atoms with Crippen LogP contribution in [0.3, 0.4) is 0 Å². The number of alkyl halides is 1. The lowest BCUT2D eigenvalue weighted by Gasteiger charge is -2.32. The van der Waals surface area contributed by atoms with E-state index >= 15 is 0 Å². The van der Waals surface area contributed by atoms with Gasteiger partial charge in [0.15, 0.2) is 0 Å². The molecule has 0 spiro atoms. The Morgan fingerprint density at radius 2 is 1.63 bits per heavy atom. The van der Waals surface area contributed by atoms with Crippen LogP contribution in [0.2, 0.25) is 0 Å². The molecular formula is C18H35F. The van der Waals surface area contributed by atoms with Gasteiger partial charge in [-0.05, 0) is 37.0 Å². The van der Waals surface area contributed by atoms with Crippen LogP contribution in [0.4, 0.5) is 4.39 Å². The molecule has 1 heteroatoms. The van der Waals surface area contributed by atoms with E-state index in [0.29, 0.717) is 5.92 Å². The summed E-state index contributed by atoms with van der Waals surface area (Å²) >= 11 is 0. The van der Waals surface area contributed by atoms with Crippen LogP contribution in [0.5, 0.6) is 0 Å². The fraction of sp³-hybridized carbons (Fsp3) is 1.00. The molecule has 0 aromatic rings. The average molecular weight is 270 g/mol. The fourth-order valence-corrected chi connectivity index (χ4v) is 3.50. The normalized spacial score (nSPS) is 29.4. The molecule has 114 valence electrons. The van der Waals surface area contributed by atoms with Crippen LogP contribution in [0, 0.1) is 17.8 Å². The highest BCUT2D eigenvalue weighted by Gasteiger charge is 2.26. The van der Waals surface area contributed by atoms with Crippen molar-refractivity contribution >= 4 is 0 Å². The summed E-state index contributed by atoms with van der Waals surface area (Å²) in [5, 5.41) is 0. The lowest BCUT2D eigenvalue weighted by atomic mass is 9.74. The Morgan fingerprint density at radius 1 is 0.947 bits per heavy atom. The monoisotopic (exact) mass is 270 g/mol. The van der Waals surface area contributed by atoms with Crippen LogP contribution >= 0.6 is 0 Å². The quantitative estimate of drug-likeness (QED) is 0.417. The van der Waals surface area contributed by atoms with Gasteiger partial charge in [-0.2, -0.15) is 0 Å². The third-order valence-electron chi connectivity index (χ3n) is 5.17. The van der Waals surface area contributed by atoms with Gasteiger partial charge in [0, 0.05) is 0 Å². The highest BCUT2D eigenvalue weighted by atomic mass is 19.1. The van der Waals surface area contributed by atoms with E-state index in [1.165, 1.54) is 51.4 Å². The Morgan fingerprint density at radius 3 is 2.32 bits per heavy atom. The van der Waals surface area contributed by atoms with Gasteiger partial charge in [0.25, 0.3) is 0 Å². The molecule has 1 rings (SSSR count). The van der Waals surface area contributed by atoms with Crippen LogP contribution < -0.4 is 0 Å². The molecule has 1 fully saturated rings. The second-order valence-electron chi connectivity index (χ2n) is 7.02.